The molecule has 4 heteroatoms. The summed E-state index contributed by atoms with van der Waals surface area (Å²) in [5, 5.41) is 13.5. The number of Topliss-reactive ketones (excluding diaryl/α,β-unsaturated/α-hetero) is 1. The molecule has 2 aromatic rings. The van der Waals surface area contributed by atoms with Crippen molar-refractivity contribution in [2.24, 2.45) is 0 Å². The highest BCUT2D eigenvalue weighted by atomic mass is 16.5. The van der Waals surface area contributed by atoms with Gasteiger partial charge < -0.3 is 9.63 Å². The van der Waals surface area contributed by atoms with Crippen LogP contribution in [0.5, 0.6) is 5.75 Å². The summed E-state index contributed by atoms with van der Waals surface area (Å²) < 4.78 is 4.97. The van der Waals surface area contributed by atoms with E-state index in [1.54, 1.807) is 18.2 Å². The van der Waals surface area contributed by atoms with Gasteiger partial charge in [0, 0.05) is 6.07 Å². The third-order valence-electron chi connectivity index (χ3n) is 2.34. The van der Waals surface area contributed by atoms with Gasteiger partial charge in [0.1, 0.15) is 5.75 Å². The normalized spacial score (nSPS) is 10.4. The maximum atomic E-state index is 11.3. The predicted molar refractivity (Wildman–Crippen MR) is 58.3 cm³/mol. The lowest BCUT2D eigenvalue weighted by atomic mass is 10.0. The van der Waals surface area contributed by atoms with E-state index in [2.05, 4.69) is 5.16 Å². The zero-order valence-electron chi connectivity index (χ0n) is 9.02. The van der Waals surface area contributed by atoms with Crippen molar-refractivity contribution < 1.29 is 14.4 Å². The van der Waals surface area contributed by atoms with Crippen molar-refractivity contribution in [2.75, 3.05) is 0 Å². The molecular formula is C12H11NO3. The Balaban J connectivity index is 2.67. The second kappa shape index (κ2) is 3.81. The van der Waals surface area contributed by atoms with Crippen LogP contribution in [0.25, 0.3) is 11.3 Å². The van der Waals surface area contributed by atoms with E-state index in [1.165, 1.54) is 13.1 Å². The minimum atomic E-state index is -0.179. The van der Waals surface area contributed by atoms with Crippen molar-refractivity contribution >= 4 is 5.78 Å². The smallest absolute Gasteiger partial charge is 0.170 e. The maximum absolute atomic E-state index is 11.3. The molecule has 0 spiro atoms. The summed E-state index contributed by atoms with van der Waals surface area (Å²) in [7, 11) is 0. The van der Waals surface area contributed by atoms with Crippen molar-refractivity contribution in [3.63, 3.8) is 0 Å². The summed E-state index contributed by atoms with van der Waals surface area (Å²) in [6, 6.07) is 5.04. The number of phenols is 1. The van der Waals surface area contributed by atoms with Gasteiger partial charge >= 0.3 is 0 Å². The van der Waals surface area contributed by atoms with Gasteiger partial charge in [0.25, 0.3) is 0 Å². The number of aryl methyl sites for hydroxylation is 1. The van der Waals surface area contributed by atoms with Crippen LogP contribution in [0.2, 0.25) is 0 Å². The molecule has 0 saturated heterocycles. The highest BCUT2D eigenvalue weighted by molar-refractivity contribution is 5.99. The van der Waals surface area contributed by atoms with Crippen molar-refractivity contribution in [3.05, 3.63) is 35.5 Å². The molecule has 0 atom stereocenters. The number of carbonyl (C=O) groups excluding carboxylic acids is 1. The van der Waals surface area contributed by atoms with Gasteiger partial charge in [-0.05, 0) is 31.5 Å². The summed E-state index contributed by atoms with van der Waals surface area (Å²) in [5.41, 5.74) is 1.67. The molecule has 4 nitrogen and oxygen atoms in total. The molecule has 0 aliphatic heterocycles. The largest absolute Gasteiger partial charge is 0.506 e. The first kappa shape index (κ1) is 10.4. The average Bonchev–Trinajstić information content (AvgIpc) is 2.73. The van der Waals surface area contributed by atoms with Crippen molar-refractivity contribution in [1.29, 1.82) is 0 Å². The molecule has 0 saturated carbocycles. The lowest BCUT2D eigenvalue weighted by molar-refractivity contribution is 0.101. The van der Waals surface area contributed by atoms with Crippen LogP contribution in [-0.4, -0.2) is 16.0 Å². The van der Waals surface area contributed by atoms with Crippen molar-refractivity contribution in [3.8, 4) is 17.1 Å². The number of nitrogens with zero attached hydrogens (tertiary/aromatic N) is 1. The van der Waals surface area contributed by atoms with Crippen molar-refractivity contribution in [1.82, 2.24) is 5.16 Å². The van der Waals surface area contributed by atoms with Crippen LogP contribution in [0.1, 0.15) is 22.8 Å². The Labute approximate surface area is 92.5 Å². The van der Waals surface area contributed by atoms with Gasteiger partial charge in [0.05, 0.1) is 17.3 Å². The van der Waals surface area contributed by atoms with Gasteiger partial charge in [0.2, 0.25) is 0 Å². The van der Waals surface area contributed by atoms with Crippen LogP contribution in [0, 0.1) is 6.92 Å². The van der Waals surface area contributed by atoms with E-state index >= 15 is 0 Å². The molecule has 0 aliphatic rings. The monoisotopic (exact) mass is 217 g/mol. The second-order valence-corrected chi connectivity index (χ2v) is 3.64. The first-order valence-corrected chi connectivity index (χ1v) is 4.85. The van der Waals surface area contributed by atoms with E-state index in [0.29, 0.717) is 16.9 Å². The number of hydrogen-bond acceptors (Lipinski definition) is 4. The van der Waals surface area contributed by atoms with E-state index in [1.807, 2.05) is 6.92 Å². The first-order chi connectivity index (χ1) is 7.59. The van der Waals surface area contributed by atoms with Crippen molar-refractivity contribution in [2.45, 2.75) is 13.8 Å². The number of rotatable bonds is 2. The third-order valence-corrected chi connectivity index (χ3v) is 2.34. The lowest BCUT2D eigenvalue weighted by Gasteiger charge is -2.07. The van der Waals surface area contributed by atoms with Crippen LogP contribution in [-0.2, 0) is 0 Å². The summed E-state index contributed by atoms with van der Waals surface area (Å²) in [6.07, 6.45) is 1.49. The molecule has 1 aromatic carbocycles. The minimum Gasteiger partial charge on any atom is -0.506 e. The number of phenolic OH excluding ortho intramolecular Hbond substituents is 1. The van der Waals surface area contributed by atoms with Gasteiger partial charge in [-0.2, -0.15) is 0 Å². The maximum Gasteiger partial charge on any atom is 0.170 e. The topological polar surface area (TPSA) is 63.3 Å². The summed E-state index contributed by atoms with van der Waals surface area (Å²) >= 11 is 0. The highest BCUT2D eigenvalue weighted by Crippen LogP contribution is 2.33. The average molecular weight is 217 g/mol. The van der Waals surface area contributed by atoms with Crippen LogP contribution in [0.3, 0.4) is 0 Å². The van der Waals surface area contributed by atoms with Gasteiger partial charge in [0.15, 0.2) is 11.5 Å². The molecule has 2 rings (SSSR count). The fourth-order valence-corrected chi connectivity index (χ4v) is 1.59. The zero-order valence-corrected chi connectivity index (χ0v) is 9.02. The van der Waals surface area contributed by atoms with Gasteiger partial charge in [-0.3, -0.25) is 4.79 Å². The Morgan fingerprint density at radius 2 is 2.19 bits per heavy atom. The standard InChI is InChI=1S/C12H11NO3/c1-7-5-9(8(2)14)12(15)10(6-7)11-3-4-13-16-11/h3-6,15H,1-2H3. The first-order valence-electron chi connectivity index (χ1n) is 4.85. The molecule has 1 N–H and O–H groups in total. The second-order valence-electron chi connectivity index (χ2n) is 3.64. The highest BCUT2D eigenvalue weighted by Gasteiger charge is 2.15. The molecule has 0 fully saturated rings. The molecule has 82 valence electrons. The predicted octanol–water partition coefficient (Wildman–Crippen LogP) is 2.56. The molecule has 1 heterocycles. The van der Waals surface area contributed by atoms with Crippen LogP contribution >= 0.6 is 0 Å². The van der Waals surface area contributed by atoms with Gasteiger partial charge in [-0.1, -0.05) is 5.16 Å². The lowest BCUT2D eigenvalue weighted by Crippen LogP contribution is -1.95. The van der Waals surface area contributed by atoms with Gasteiger partial charge in [-0.25, -0.2) is 0 Å². The fourth-order valence-electron chi connectivity index (χ4n) is 1.59. The van der Waals surface area contributed by atoms with Crippen LogP contribution in [0.4, 0.5) is 0 Å². The Hall–Kier alpha value is -2.10. The molecule has 0 radical (unpaired) electrons. The van der Waals surface area contributed by atoms with Crippen LogP contribution in [0.15, 0.2) is 28.9 Å². The third kappa shape index (κ3) is 1.69. The number of benzene rings is 1. The number of ketones is 1. The zero-order chi connectivity index (χ0) is 11.7. The van der Waals surface area contributed by atoms with E-state index in [0.717, 1.165) is 5.56 Å². The number of aromatic hydroxyl groups is 1. The number of aromatic nitrogens is 1. The quantitative estimate of drug-likeness (QED) is 0.785. The Bertz CT molecular complexity index is 529. The van der Waals surface area contributed by atoms with E-state index in [4.69, 9.17) is 4.52 Å². The Morgan fingerprint density at radius 1 is 1.44 bits per heavy atom. The molecule has 0 aliphatic carbocycles. The molecule has 0 amide bonds. The molecule has 0 bridgehead atoms. The summed E-state index contributed by atoms with van der Waals surface area (Å²) in [5.74, 6) is 0.209. The van der Waals surface area contributed by atoms with E-state index in [-0.39, 0.29) is 11.5 Å². The minimum absolute atomic E-state index is 0.0603. The number of hydrogen-bond donors (Lipinski definition) is 1. The van der Waals surface area contributed by atoms with E-state index in [9.17, 15) is 9.90 Å². The summed E-state index contributed by atoms with van der Waals surface area (Å²) in [4.78, 5) is 11.3. The van der Waals surface area contributed by atoms with Gasteiger partial charge in [-0.15, -0.1) is 0 Å². The molecule has 16 heavy (non-hydrogen) atoms. The molecular weight excluding hydrogens is 206 g/mol. The Kier molecular flexibility index (Phi) is 2.48. The van der Waals surface area contributed by atoms with Crippen LogP contribution < -0.4 is 0 Å². The SMILES string of the molecule is CC(=O)c1cc(C)cc(-c2ccno2)c1O. The molecule has 0 unspecified atom stereocenters. The molecule has 1 aromatic heterocycles. The summed E-state index contributed by atoms with van der Waals surface area (Å²) in [6.45, 7) is 3.27. The fraction of sp³-hybridized carbons (Fsp3) is 0.167. The van der Waals surface area contributed by atoms with E-state index < -0.39 is 0 Å². The Morgan fingerprint density at radius 3 is 2.75 bits per heavy atom. The number of carbonyl (C=O) groups is 1.